The third-order valence-electron chi connectivity index (χ3n) is 3.64. The normalized spacial score (nSPS) is 24.7. The largest absolute Gasteiger partial charge is 0.427 e. The molecule has 0 saturated carbocycles. The molecule has 1 fully saturated rings. The first kappa shape index (κ1) is 11.7. The number of hydrogen-bond donors (Lipinski definition) is 1. The van der Waals surface area contributed by atoms with E-state index in [4.69, 9.17) is 10.5 Å². The van der Waals surface area contributed by atoms with E-state index in [1.165, 1.54) is 0 Å². The van der Waals surface area contributed by atoms with Gasteiger partial charge >= 0.3 is 6.09 Å². The summed E-state index contributed by atoms with van der Waals surface area (Å²) >= 11 is 0. The third kappa shape index (κ3) is 1.46. The zero-order valence-corrected chi connectivity index (χ0v) is 10.1. The van der Waals surface area contributed by atoms with Crippen LogP contribution in [0.2, 0.25) is 0 Å². The number of aldehydes is 1. The fraction of sp³-hybridized carbons (Fsp3) is 0.308. The minimum absolute atomic E-state index is 0.274. The van der Waals surface area contributed by atoms with Crippen molar-refractivity contribution in [3.63, 3.8) is 0 Å². The number of benzene rings is 1. The number of amides is 2. The molecule has 0 radical (unpaired) electrons. The van der Waals surface area contributed by atoms with Crippen molar-refractivity contribution in [3.8, 4) is 0 Å². The first-order valence-corrected chi connectivity index (χ1v) is 5.96. The molecule has 1 aliphatic heterocycles. The van der Waals surface area contributed by atoms with Crippen LogP contribution in [-0.2, 0) is 26.3 Å². The molecular formula is C13H12N2O4. The molecule has 19 heavy (non-hydrogen) atoms. The molecular weight excluding hydrogens is 248 g/mol. The molecule has 0 unspecified atom stereocenters. The Morgan fingerprint density at radius 1 is 1.42 bits per heavy atom. The Morgan fingerprint density at radius 3 is 2.95 bits per heavy atom. The molecule has 6 nitrogen and oxygen atoms in total. The first-order chi connectivity index (χ1) is 9.08. The van der Waals surface area contributed by atoms with Crippen molar-refractivity contribution in [1.82, 2.24) is 4.90 Å². The molecule has 1 aliphatic carbocycles. The van der Waals surface area contributed by atoms with Gasteiger partial charge in [0.2, 0.25) is 5.60 Å². The Balaban J connectivity index is 2.06. The van der Waals surface area contributed by atoms with E-state index in [9.17, 15) is 14.4 Å². The van der Waals surface area contributed by atoms with Crippen molar-refractivity contribution >= 4 is 24.0 Å². The van der Waals surface area contributed by atoms with E-state index in [1.807, 2.05) is 0 Å². The van der Waals surface area contributed by atoms with Crippen molar-refractivity contribution in [3.05, 3.63) is 29.3 Å². The summed E-state index contributed by atoms with van der Waals surface area (Å²) in [6.45, 7) is -0.274. The minimum Gasteiger partial charge on any atom is -0.427 e. The lowest BCUT2D eigenvalue weighted by Gasteiger charge is -2.20. The molecule has 2 N–H and O–H groups in total. The smallest absolute Gasteiger partial charge is 0.418 e. The van der Waals surface area contributed by atoms with Gasteiger partial charge in [0.25, 0.3) is 5.91 Å². The summed E-state index contributed by atoms with van der Waals surface area (Å²) in [6, 6.07) is 5.18. The lowest BCUT2D eigenvalue weighted by atomic mass is 9.95. The summed E-state index contributed by atoms with van der Waals surface area (Å²) in [7, 11) is 0. The van der Waals surface area contributed by atoms with Crippen LogP contribution >= 0.6 is 0 Å². The lowest BCUT2D eigenvalue weighted by Crippen LogP contribution is -2.38. The summed E-state index contributed by atoms with van der Waals surface area (Å²) in [6.07, 6.45) is 0.763. The molecule has 6 heteroatoms. The third-order valence-corrected chi connectivity index (χ3v) is 3.64. The Kier molecular flexibility index (Phi) is 2.35. The Hall–Kier alpha value is -2.37. The molecule has 3 rings (SSSR count). The lowest BCUT2D eigenvalue weighted by molar-refractivity contribution is -0.138. The number of fused-ring (bicyclic) bond motifs is 2. The van der Waals surface area contributed by atoms with Crippen LogP contribution < -0.4 is 5.73 Å². The monoisotopic (exact) mass is 260 g/mol. The summed E-state index contributed by atoms with van der Waals surface area (Å²) < 4.78 is 5.29. The fourth-order valence-corrected chi connectivity index (χ4v) is 2.77. The number of nitrogens with two attached hydrogens (primary N) is 1. The quantitative estimate of drug-likeness (QED) is 0.620. The van der Waals surface area contributed by atoms with E-state index in [0.717, 1.165) is 10.5 Å². The fourth-order valence-electron chi connectivity index (χ4n) is 2.77. The second kappa shape index (κ2) is 3.81. The molecule has 0 aromatic heterocycles. The highest BCUT2D eigenvalue weighted by Crippen LogP contribution is 2.45. The minimum atomic E-state index is -1.26. The van der Waals surface area contributed by atoms with E-state index >= 15 is 0 Å². The molecule has 1 heterocycles. The molecule has 2 aliphatic rings. The number of carbonyl (C=O) groups excluding carboxylic acids is 3. The highest BCUT2D eigenvalue weighted by atomic mass is 16.6. The second-order valence-corrected chi connectivity index (χ2v) is 4.69. The maximum absolute atomic E-state index is 12.4. The van der Waals surface area contributed by atoms with Crippen molar-refractivity contribution in [2.24, 2.45) is 0 Å². The van der Waals surface area contributed by atoms with Crippen LogP contribution in [0.25, 0.3) is 0 Å². The molecule has 98 valence electrons. The van der Waals surface area contributed by atoms with Gasteiger partial charge in [-0.2, -0.15) is 0 Å². The average Bonchev–Trinajstić information content (AvgIpc) is 2.84. The highest BCUT2D eigenvalue weighted by Gasteiger charge is 2.57. The van der Waals surface area contributed by atoms with E-state index in [1.54, 1.807) is 18.2 Å². The van der Waals surface area contributed by atoms with Crippen LogP contribution in [0.3, 0.4) is 0 Å². The van der Waals surface area contributed by atoms with Crippen LogP contribution in [-0.4, -0.2) is 29.7 Å². The van der Waals surface area contributed by atoms with Gasteiger partial charge < -0.3 is 15.3 Å². The molecule has 1 saturated heterocycles. The molecule has 1 aromatic carbocycles. The molecule has 1 atom stereocenters. The van der Waals surface area contributed by atoms with E-state index in [-0.39, 0.29) is 6.54 Å². The summed E-state index contributed by atoms with van der Waals surface area (Å²) in [4.78, 5) is 35.5. The van der Waals surface area contributed by atoms with E-state index < -0.39 is 17.6 Å². The number of nitrogen functional groups attached to an aromatic ring is 1. The van der Waals surface area contributed by atoms with Crippen molar-refractivity contribution in [1.29, 1.82) is 0 Å². The van der Waals surface area contributed by atoms with Gasteiger partial charge in [-0.15, -0.1) is 0 Å². The number of hydrogen-bond acceptors (Lipinski definition) is 5. The summed E-state index contributed by atoms with van der Waals surface area (Å²) in [5.74, 6) is -0.465. The van der Waals surface area contributed by atoms with Crippen LogP contribution in [0.15, 0.2) is 18.2 Å². The standard InChI is InChI=1S/C13H12N2O4/c14-9-1-2-10-8(7-9)3-4-13(10)11(17)15(5-6-16)12(18)19-13/h1-2,6-7H,3-5,14H2/t13-/m1/s1. The number of aryl methyl sites for hydroxylation is 1. The molecule has 2 amide bonds. The maximum atomic E-state index is 12.4. The topological polar surface area (TPSA) is 89.7 Å². The van der Waals surface area contributed by atoms with Gasteiger partial charge in [-0.3, -0.25) is 4.79 Å². The number of imide groups is 1. The van der Waals surface area contributed by atoms with Crippen molar-refractivity contribution in [2.75, 3.05) is 12.3 Å². The second-order valence-electron chi connectivity index (χ2n) is 4.69. The molecule has 0 bridgehead atoms. The van der Waals surface area contributed by atoms with Gasteiger partial charge in [-0.1, -0.05) is 6.07 Å². The van der Waals surface area contributed by atoms with Crippen LogP contribution in [0.1, 0.15) is 17.5 Å². The SMILES string of the molecule is Nc1ccc2c(c1)CC[C@@]21OC(=O)N(CC=O)C1=O. The average molecular weight is 260 g/mol. The zero-order chi connectivity index (χ0) is 13.6. The molecule has 1 spiro atoms. The number of rotatable bonds is 2. The predicted octanol–water partition coefficient (Wildman–Crippen LogP) is 0.588. The number of carbonyl (C=O) groups is 3. The predicted molar refractivity (Wildman–Crippen MR) is 65.1 cm³/mol. The van der Waals surface area contributed by atoms with Gasteiger partial charge in [0, 0.05) is 17.7 Å². The molecule has 1 aromatic rings. The van der Waals surface area contributed by atoms with Gasteiger partial charge in [0.05, 0.1) is 6.54 Å². The Morgan fingerprint density at radius 2 is 2.21 bits per heavy atom. The summed E-state index contributed by atoms with van der Waals surface area (Å²) in [5.41, 5.74) is 6.64. The van der Waals surface area contributed by atoms with Crippen molar-refractivity contribution in [2.45, 2.75) is 18.4 Å². The van der Waals surface area contributed by atoms with Crippen LogP contribution in [0.4, 0.5) is 10.5 Å². The number of nitrogens with zero attached hydrogens (tertiary/aromatic N) is 1. The van der Waals surface area contributed by atoms with Gasteiger partial charge in [0.15, 0.2) is 0 Å². The highest BCUT2D eigenvalue weighted by molar-refractivity contribution is 6.05. The van der Waals surface area contributed by atoms with Gasteiger partial charge in [-0.25, -0.2) is 9.69 Å². The van der Waals surface area contributed by atoms with Crippen LogP contribution in [0, 0.1) is 0 Å². The number of anilines is 1. The van der Waals surface area contributed by atoms with Gasteiger partial charge in [-0.05, 0) is 24.1 Å². The van der Waals surface area contributed by atoms with E-state index in [0.29, 0.717) is 30.4 Å². The van der Waals surface area contributed by atoms with Gasteiger partial charge in [0.1, 0.15) is 6.29 Å². The number of ether oxygens (including phenoxy) is 1. The Labute approximate surface area is 109 Å². The van der Waals surface area contributed by atoms with Crippen molar-refractivity contribution < 1.29 is 19.1 Å². The zero-order valence-electron chi connectivity index (χ0n) is 10.1. The maximum Gasteiger partial charge on any atom is 0.418 e. The van der Waals surface area contributed by atoms with Crippen LogP contribution in [0.5, 0.6) is 0 Å². The summed E-state index contributed by atoms with van der Waals surface area (Å²) in [5, 5.41) is 0. The Bertz CT molecular complexity index is 598. The first-order valence-electron chi connectivity index (χ1n) is 5.96. The van der Waals surface area contributed by atoms with E-state index in [2.05, 4.69) is 0 Å².